The molecule has 2 aliphatic heterocycles. The summed E-state index contributed by atoms with van der Waals surface area (Å²) in [5.74, 6) is 0.0412. The summed E-state index contributed by atoms with van der Waals surface area (Å²) in [5.41, 5.74) is 2.90. The molecule has 1 N–H and O–H groups in total. The number of thioether (sulfide) groups is 1. The van der Waals surface area contributed by atoms with Gasteiger partial charge in [-0.3, -0.25) is 9.59 Å². The van der Waals surface area contributed by atoms with Gasteiger partial charge in [-0.1, -0.05) is 30.0 Å². The molecule has 1 saturated heterocycles. The summed E-state index contributed by atoms with van der Waals surface area (Å²) >= 11 is 1.16. The van der Waals surface area contributed by atoms with Crippen LogP contribution in [-0.4, -0.2) is 28.3 Å². The fourth-order valence-electron chi connectivity index (χ4n) is 2.46. The maximum absolute atomic E-state index is 11.5. The summed E-state index contributed by atoms with van der Waals surface area (Å²) in [4.78, 5) is 22.7. The molecule has 3 rings (SSSR count). The predicted octanol–water partition coefficient (Wildman–Crippen LogP) is 0.438. The largest absolute Gasteiger partial charge is 0.491 e. The standard InChI is InChI=1S/C13H13BO4S/c15-11-6-13(16)19-12(11)4-2-8-1-3-9-7-18-14(17)10(9)5-8/h1,3,5,12,17H,2,4,6-7H2. The van der Waals surface area contributed by atoms with Gasteiger partial charge >= 0.3 is 7.12 Å². The Morgan fingerprint density at radius 2 is 2.26 bits per heavy atom. The van der Waals surface area contributed by atoms with Gasteiger partial charge in [0.2, 0.25) is 0 Å². The molecule has 0 saturated carbocycles. The van der Waals surface area contributed by atoms with Crippen molar-refractivity contribution in [2.75, 3.05) is 0 Å². The average Bonchev–Trinajstić information content (AvgIpc) is 2.90. The molecule has 1 atom stereocenters. The Kier molecular flexibility index (Phi) is 3.47. The van der Waals surface area contributed by atoms with Crippen LogP contribution in [0.1, 0.15) is 24.0 Å². The van der Waals surface area contributed by atoms with E-state index in [2.05, 4.69) is 0 Å². The minimum atomic E-state index is -0.834. The van der Waals surface area contributed by atoms with Crippen LogP contribution in [0, 0.1) is 0 Å². The van der Waals surface area contributed by atoms with Crippen LogP contribution in [0.25, 0.3) is 0 Å². The third-order valence-electron chi connectivity index (χ3n) is 3.52. The second-order valence-electron chi connectivity index (χ2n) is 4.86. The summed E-state index contributed by atoms with van der Waals surface area (Å²) in [7, 11) is -0.834. The first-order valence-electron chi connectivity index (χ1n) is 6.27. The van der Waals surface area contributed by atoms with E-state index >= 15 is 0 Å². The third-order valence-corrected chi connectivity index (χ3v) is 4.71. The zero-order valence-corrected chi connectivity index (χ0v) is 11.1. The Bertz CT molecular complexity index is 545. The normalized spacial score (nSPS) is 22.2. The Morgan fingerprint density at radius 1 is 1.42 bits per heavy atom. The van der Waals surface area contributed by atoms with Crippen LogP contribution in [0.15, 0.2) is 18.2 Å². The molecule has 2 aliphatic rings. The molecule has 0 aliphatic carbocycles. The molecule has 98 valence electrons. The number of Topliss-reactive ketones (excluding diaryl/α,β-unsaturated/α-hetero) is 1. The van der Waals surface area contributed by atoms with Crippen LogP contribution in [0.5, 0.6) is 0 Å². The number of hydrogen-bond acceptors (Lipinski definition) is 5. The molecule has 1 fully saturated rings. The van der Waals surface area contributed by atoms with Crippen LogP contribution in [0.2, 0.25) is 0 Å². The summed E-state index contributed by atoms with van der Waals surface area (Å²) < 4.78 is 5.14. The third kappa shape index (κ3) is 2.61. The zero-order chi connectivity index (χ0) is 13.4. The smallest absolute Gasteiger partial charge is 0.423 e. The minimum Gasteiger partial charge on any atom is -0.423 e. The van der Waals surface area contributed by atoms with Crippen LogP contribution in [0.3, 0.4) is 0 Å². The molecule has 0 bridgehead atoms. The lowest BCUT2D eigenvalue weighted by Crippen LogP contribution is -2.28. The summed E-state index contributed by atoms with van der Waals surface area (Å²) in [6.07, 6.45) is 1.48. The molecule has 1 unspecified atom stereocenters. The summed E-state index contributed by atoms with van der Waals surface area (Å²) in [6, 6.07) is 5.88. The Balaban J connectivity index is 1.66. The lowest BCUT2D eigenvalue weighted by Gasteiger charge is -2.07. The number of carbonyl (C=O) groups is 2. The van der Waals surface area contributed by atoms with E-state index in [9.17, 15) is 14.6 Å². The molecule has 4 nitrogen and oxygen atoms in total. The fourth-order valence-corrected chi connectivity index (χ4v) is 3.45. The zero-order valence-electron chi connectivity index (χ0n) is 10.3. The van der Waals surface area contributed by atoms with Crippen LogP contribution < -0.4 is 5.46 Å². The first kappa shape index (κ1) is 12.9. The van der Waals surface area contributed by atoms with Crippen molar-refractivity contribution in [2.45, 2.75) is 31.1 Å². The number of aryl methyl sites for hydroxylation is 1. The summed E-state index contributed by atoms with van der Waals surface area (Å²) in [5, 5.41) is 9.42. The van der Waals surface area contributed by atoms with E-state index in [4.69, 9.17) is 4.65 Å². The van der Waals surface area contributed by atoms with Gasteiger partial charge in [-0.15, -0.1) is 0 Å². The molecule has 0 spiro atoms. The van der Waals surface area contributed by atoms with E-state index in [1.54, 1.807) is 0 Å². The molecule has 2 heterocycles. The number of benzene rings is 1. The molecule has 0 amide bonds. The predicted molar refractivity (Wildman–Crippen MR) is 73.2 cm³/mol. The van der Waals surface area contributed by atoms with Crippen molar-refractivity contribution in [1.82, 2.24) is 0 Å². The number of ketones is 1. The quantitative estimate of drug-likeness (QED) is 0.641. The van der Waals surface area contributed by atoms with Crippen molar-refractivity contribution in [3.63, 3.8) is 0 Å². The summed E-state index contributed by atoms with van der Waals surface area (Å²) in [6.45, 7) is 0.447. The maximum atomic E-state index is 11.5. The van der Waals surface area contributed by atoms with Crippen molar-refractivity contribution >= 4 is 35.2 Å². The van der Waals surface area contributed by atoms with Gasteiger partial charge in [0, 0.05) is 0 Å². The molecule has 1 aromatic rings. The van der Waals surface area contributed by atoms with Crippen molar-refractivity contribution < 1.29 is 19.3 Å². The van der Waals surface area contributed by atoms with Gasteiger partial charge in [-0.05, 0) is 29.4 Å². The molecular weight excluding hydrogens is 263 g/mol. The van der Waals surface area contributed by atoms with Gasteiger partial charge in [-0.2, -0.15) is 0 Å². The van der Waals surface area contributed by atoms with Gasteiger partial charge < -0.3 is 9.68 Å². The number of fused-ring (bicyclic) bond motifs is 1. The van der Waals surface area contributed by atoms with Gasteiger partial charge in [0.1, 0.15) is 0 Å². The second kappa shape index (κ2) is 5.11. The van der Waals surface area contributed by atoms with E-state index in [0.717, 1.165) is 34.8 Å². The lowest BCUT2D eigenvalue weighted by molar-refractivity contribution is -0.121. The van der Waals surface area contributed by atoms with E-state index in [0.29, 0.717) is 13.0 Å². The molecule has 0 radical (unpaired) electrons. The average molecular weight is 276 g/mol. The Morgan fingerprint density at radius 3 is 3.00 bits per heavy atom. The molecule has 1 aromatic carbocycles. The Hall–Kier alpha value is -1.11. The van der Waals surface area contributed by atoms with E-state index in [-0.39, 0.29) is 22.6 Å². The SMILES string of the molecule is O=C1CC(=O)C(CCc2ccc3c(c2)B(O)OC3)S1. The highest BCUT2D eigenvalue weighted by atomic mass is 32.2. The number of carbonyl (C=O) groups excluding carboxylic acids is 2. The molecule has 19 heavy (non-hydrogen) atoms. The topological polar surface area (TPSA) is 63.6 Å². The highest BCUT2D eigenvalue weighted by Gasteiger charge is 2.31. The van der Waals surface area contributed by atoms with Crippen molar-refractivity contribution in [1.29, 1.82) is 0 Å². The lowest BCUT2D eigenvalue weighted by atomic mass is 9.78. The van der Waals surface area contributed by atoms with Crippen molar-refractivity contribution in [3.8, 4) is 0 Å². The van der Waals surface area contributed by atoms with Gasteiger partial charge in [-0.25, -0.2) is 0 Å². The van der Waals surface area contributed by atoms with Gasteiger partial charge in [0.25, 0.3) is 0 Å². The maximum Gasteiger partial charge on any atom is 0.491 e. The minimum absolute atomic E-state index is 0.0206. The van der Waals surface area contributed by atoms with Crippen LogP contribution in [-0.2, 0) is 27.3 Å². The molecular formula is C13H13BO4S. The van der Waals surface area contributed by atoms with Crippen molar-refractivity contribution in [2.24, 2.45) is 0 Å². The second-order valence-corrected chi connectivity index (χ2v) is 6.12. The fraction of sp³-hybridized carbons (Fsp3) is 0.385. The van der Waals surface area contributed by atoms with Crippen molar-refractivity contribution in [3.05, 3.63) is 29.3 Å². The van der Waals surface area contributed by atoms with Crippen LogP contribution >= 0.6 is 11.8 Å². The van der Waals surface area contributed by atoms with E-state index in [1.807, 2.05) is 18.2 Å². The highest BCUT2D eigenvalue weighted by Crippen LogP contribution is 2.28. The molecule has 6 heteroatoms. The van der Waals surface area contributed by atoms with Crippen LogP contribution in [0.4, 0.5) is 0 Å². The van der Waals surface area contributed by atoms with E-state index in [1.165, 1.54) is 0 Å². The molecule has 0 aromatic heterocycles. The number of rotatable bonds is 3. The Labute approximate surface area is 115 Å². The van der Waals surface area contributed by atoms with Gasteiger partial charge in [0.05, 0.1) is 18.3 Å². The monoisotopic (exact) mass is 276 g/mol. The van der Waals surface area contributed by atoms with Gasteiger partial charge in [0.15, 0.2) is 10.9 Å². The first-order chi connectivity index (χ1) is 9.13. The highest BCUT2D eigenvalue weighted by molar-refractivity contribution is 8.15. The van der Waals surface area contributed by atoms with E-state index < -0.39 is 7.12 Å². The number of hydrogen-bond donors (Lipinski definition) is 1. The first-order valence-corrected chi connectivity index (χ1v) is 7.15.